The van der Waals surface area contributed by atoms with Gasteiger partial charge in [0.15, 0.2) is 0 Å². The van der Waals surface area contributed by atoms with Gasteiger partial charge in [-0.3, -0.25) is 9.69 Å². The fraction of sp³-hybridized carbons (Fsp3) is 0.933. The molecule has 1 aliphatic carbocycles. The molecular formula is C15H29N3O. The molecule has 19 heavy (non-hydrogen) atoms. The summed E-state index contributed by atoms with van der Waals surface area (Å²) in [6, 6.07) is 1.45. The van der Waals surface area contributed by atoms with Crippen LogP contribution in [-0.2, 0) is 4.79 Å². The van der Waals surface area contributed by atoms with Crippen molar-refractivity contribution in [3.8, 4) is 0 Å². The van der Waals surface area contributed by atoms with E-state index >= 15 is 0 Å². The predicted molar refractivity (Wildman–Crippen MR) is 77.8 cm³/mol. The van der Waals surface area contributed by atoms with E-state index in [1.807, 2.05) is 0 Å². The van der Waals surface area contributed by atoms with Crippen LogP contribution >= 0.6 is 0 Å². The Morgan fingerprint density at radius 3 is 2.58 bits per heavy atom. The van der Waals surface area contributed by atoms with Gasteiger partial charge in [0.1, 0.15) is 0 Å². The van der Waals surface area contributed by atoms with Gasteiger partial charge in [-0.15, -0.1) is 0 Å². The van der Waals surface area contributed by atoms with Crippen molar-refractivity contribution in [2.75, 3.05) is 6.54 Å². The molecule has 4 atom stereocenters. The Kier molecular flexibility index (Phi) is 4.21. The second-order valence-corrected chi connectivity index (χ2v) is 7.03. The van der Waals surface area contributed by atoms with E-state index in [1.165, 1.54) is 13.0 Å². The van der Waals surface area contributed by atoms with Crippen molar-refractivity contribution >= 4 is 5.91 Å². The zero-order valence-electron chi connectivity index (χ0n) is 12.8. The first-order chi connectivity index (χ1) is 8.84. The summed E-state index contributed by atoms with van der Waals surface area (Å²) in [5.41, 5.74) is 5.20. The van der Waals surface area contributed by atoms with E-state index in [0.29, 0.717) is 18.1 Å². The molecule has 1 aliphatic heterocycles. The van der Waals surface area contributed by atoms with Gasteiger partial charge in [-0.25, -0.2) is 0 Å². The van der Waals surface area contributed by atoms with E-state index in [2.05, 4.69) is 37.9 Å². The van der Waals surface area contributed by atoms with Crippen LogP contribution in [0.3, 0.4) is 0 Å². The molecule has 4 nitrogen and oxygen atoms in total. The summed E-state index contributed by atoms with van der Waals surface area (Å²) < 4.78 is 0. The van der Waals surface area contributed by atoms with E-state index in [0.717, 1.165) is 25.2 Å². The van der Waals surface area contributed by atoms with Crippen molar-refractivity contribution in [2.24, 2.45) is 11.7 Å². The normalized spacial score (nSPS) is 40.2. The molecule has 2 fully saturated rings. The van der Waals surface area contributed by atoms with Crippen LogP contribution in [0.2, 0.25) is 0 Å². The lowest BCUT2D eigenvalue weighted by Crippen LogP contribution is -2.57. The molecule has 0 radical (unpaired) electrons. The Labute approximate surface area is 117 Å². The minimum absolute atomic E-state index is 0.177. The largest absolute Gasteiger partial charge is 0.368 e. The van der Waals surface area contributed by atoms with Crippen molar-refractivity contribution in [3.63, 3.8) is 0 Å². The number of nitrogens with two attached hydrogens (primary N) is 1. The van der Waals surface area contributed by atoms with Crippen LogP contribution in [0.1, 0.15) is 53.4 Å². The topological polar surface area (TPSA) is 58.4 Å². The molecule has 4 heteroatoms. The molecule has 4 unspecified atom stereocenters. The van der Waals surface area contributed by atoms with Gasteiger partial charge in [0.2, 0.25) is 5.91 Å². The van der Waals surface area contributed by atoms with Gasteiger partial charge < -0.3 is 11.1 Å². The number of primary amides is 1. The summed E-state index contributed by atoms with van der Waals surface area (Å²) in [4.78, 5) is 14.5. The molecule has 2 aliphatic rings. The summed E-state index contributed by atoms with van der Waals surface area (Å²) in [5, 5.41) is 3.43. The number of hydrogen-bond donors (Lipinski definition) is 2. The fourth-order valence-electron chi connectivity index (χ4n) is 4.12. The molecule has 0 aromatic heterocycles. The Bertz CT molecular complexity index is 344. The van der Waals surface area contributed by atoms with Crippen LogP contribution in [0.25, 0.3) is 0 Å². The molecule has 1 heterocycles. The molecule has 3 N–H and O–H groups in total. The lowest BCUT2D eigenvalue weighted by atomic mass is 9.95. The van der Waals surface area contributed by atoms with Crippen LogP contribution < -0.4 is 11.1 Å². The molecule has 110 valence electrons. The van der Waals surface area contributed by atoms with Crippen molar-refractivity contribution < 1.29 is 4.79 Å². The quantitative estimate of drug-likeness (QED) is 0.811. The van der Waals surface area contributed by atoms with Crippen LogP contribution in [-0.4, -0.2) is 41.0 Å². The number of nitrogens with zero attached hydrogens (tertiary/aromatic N) is 1. The number of rotatable bonds is 4. The summed E-state index contributed by atoms with van der Waals surface area (Å²) in [6.07, 6.45) is 4.11. The third-order valence-electron chi connectivity index (χ3n) is 4.83. The molecule has 0 aromatic carbocycles. The van der Waals surface area contributed by atoms with Gasteiger partial charge in [0.25, 0.3) is 0 Å². The molecule has 0 bridgehead atoms. The lowest BCUT2D eigenvalue weighted by molar-refractivity contribution is -0.124. The van der Waals surface area contributed by atoms with Crippen molar-refractivity contribution in [3.05, 3.63) is 0 Å². The maximum absolute atomic E-state index is 11.9. The minimum atomic E-state index is -0.482. The highest BCUT2D eigenvalue weighted by molar-refractivity contribution is 5.85. The summed E-state index contributed by atoms with van der Waals surface area (Å²) in [7, 11) is 0. The molecule has 1 saturated heterocycles. The van der Waals surface area contributed by atoms with Crippen LogP contribution in [0.15, 0.2) is 0 Å². The Morgan fingerprint density at radius 2 is 2.11 bits per heavy atom. The summed E-state index contributed by atoms with van der Waals surface area (Å²) in [5.74, 6) is 0.597. The van der Waals surface area contributed by atoms with Crippen LogP contribution in [0, 0.1) is 5.92 Å². The molecule has 2 rings (SSSR count). The number of nitrogens with one attached hydrogen (secondary N) is 1. The first-order valence-electron chi connectivity index (χ1n) is 7.67. The zero-order valence-corrected chi connectivity index (χ0v) is 12.8. The van der Waals surface area contributed by atoms with Crippen molar-refractivity contribution in [1.82, 2.24) is 10.2 Å². The number of amides is 1. The van der Waals surface area contributed by atoms with E-state index in [4.69, 9.17) is 5.73 Å². The van der Waals surface area contributed by atoms with E-state index in [9.17, 15) is 4.79 Å². The summed E-state index contributed by atoms with van der Waals surface area (Å²) >= 11 is 0. The number of hydrogen-bond acceptors (Lipinski definition) is 3. The second kappa shape index (κ2) is 5.41. The number of carbonyl (C=O) groups is 1. The first kappa shape index (κ1) is 14.8. The maximum atomic E-state index is 11.9. The van der Waals surface area contributed by atoms with Gasteiger partial charge in [-0.1, -0.05) is 6.92 Å². The van der Waals surface area contributed by atoms with Crippen LogP contribution in [0.5, 0.6) is 0 Å². The Balaban J connectivity index is 2.06. The SMILES string of the molecule is CC1CC(C)N(C2CCC(NC(C)C)(C(N)=O)C2)C1. The first-order valence-corrected chi connectivity index (χ1v) is 7.67. The van der Waals surface area contributed by atoms with Crippen molar-refractivity contribution in [1.29, 1.82) is 0 Å². The predicted octanol–water partition coefficient (Wildman–Crippen LogP) is 1.49. The standard InChI is InChI=1S/C15H29N3O/c1-10(2)17-15(14(16)19)6-5-13(8-15)18-9-11(3)7-12(18)4/h10-13,17H,5-9H2,1-4H3,(H2,16,19). The summed E-state index contributed by atoms with van der Waals surface area (Å²) in [6.45, 7) is 9.96. The molecule has 1 saturated carbocycles. The number of carbonyl (C=O) groups excluding carboxylic acids is 1. The Morgan fingerprint density at radius 1 is 1.42 bits per heavy atom. The maximum Gasteiger partial charge on any atom is 0.237 e. The van der Waals surface area contributed by atoms with Gasteiger partial charge in [-0.2, -0.15) is 0 Å². The average molecular weight is 267 g/mol. The van der Waals surface area contributed by atoms with Gasteiger partial charge >= 0.3 is 0 Å². The van der Waals surface area contributed by atoms with E-state index < -0.39 is 5.54 Å². The average Bonchev–Trinajstić information content (AvgIpc) is 2.82. The van der Waals surface area contributed by atoms with Crippen molar-refractivity contribution in [2.45, 2.75) is 77.0 Å². The highest BCUT2D eigenvalue weighted by Gasteiger charge is 2.47. The minimum Gasteiger partial charge on any atom is -0.368 e. The third-order valence-corrected chi connectivity index (χ3v) is 4.83. The van der Waals surface area contributed by atoms with Crippen LogP contribution in [0.4, 0.5) is 0 Å². The Hall–Kier alpha value is -0.610. The third kappa shape index (κ3) is 2.95. The molecule has 0 aromatic rings. The van der Waals surface area contributed by atoms with E-state index in [-0.39, 0.29) is 5.91 Å². The highest BCUT2D eigenvalue weighted by atomic mass is 16.1. The fourth-order valence-corrected chi connectivity index (χ4v) is 4.12. The molecular weight excluding hydrogens is 238 g/mol. The van der Waals surface area contributed by atoms with Gasteiger partial charge in [-0.05, 0) is 52.4 Å². The second-order valence-electron chi connectivity index (χ2n) is 7.03. The monoisotopic (exact) mass is 267 g/mol. The van der Waals surface area contributed by atoms with E-state index in [1.54, 1.807) is 0 Å². The molecule has 0 spiro atoms. The molecule has 1 amide bonds. The highest BCUT2D eigenvalue weighted by Crippen LogP contribution is 2.37. The number of likely N-dealkylation sites (tertiary alicyclic amines) is 1. The van der Waals surface area contributed by atoms with Gasteiger partial charge in [0, 0.05) is 24.7 Å². The smallest absolute Gasteiger partial charge is 0.237 e. The van der Waals surface area contributed by atoms with Gasteiger partial charge in [0.05, 0.1) is 5.54 Å². The lowest BCUT2D eigenvalue weighted by Gasteiger charge is -2.33. The zero-order chi connectivity index (χ0) is 14.2.